The van der Waals surface area contributed by atoms with Gasteiger partial charge in [0, 0.05) is 5.92 Å². The van der Waals surface area contributed by atoms with E-state index in [1.807, 2.05) is 0 Å². The van der Waals surface area contributed by atoms with E-state index >= 15 is 0 Å². The molecule has 0 fully saturated rings. The smallest absolute Gasteiger partial charge is 0.0647 e. The lowest BCUT2D eigenvalue weighted by Crippen LogP contribution is -2.29. The molecule has 0 amide bonds. The molecule has 0 heterocycles. The van der Waals surface area contributed by atoms with Gasteiger partial charge < -0.3 is 0 Å². The molecule has 4 aromatic rings. The van der Waals surface area contributed by atoms with E-state index in [-0.39, 0.29) is 5.41 Å². The average Bonchev–Trinajstić information content (AvgIpc) is 3.04. The zero-order chi connectivity index (χ0) is 18.3. The van der Waals surface area contributed by atoms with Gasteiger partial charge in [-0.2, -0.15) is 0 Å². The summed E-state index contributed by atoms with van der Waals surface area (Å²) in [4.78, 5) is 0. The van der Waals surface area contributed by atoms with Gasteiger partial charge in [-0.25, -0.2) is 0 Å². The minimum Gasteiger partial charge on any atom is -0.0757 e. The highest BCUT2D eigenvalue weighted by molar-refractivity contribution is 5.99. The maximum absolute atomic E-state index is 2.47. The van der Waals surface area contributed by atoms with Crippen LogP contribution in [0.4, 0.5) is 0 Å². The number of benzene rings is 4. The number of hydrogen-bond acceptors (Lipinski definition) is 0. The summed E-state index contributed by atoms with van der Waals surface area (Å²) in [5, 5.41) is 2.77. The van der Waals surface area contributed by atoms with Gasteiger partial charge in [-0.1, -0.05) is 103 Å². The fourth-order valence-corrected chi connectivity index (χ4v) is 5.81. The third-order valence-electron chi connectivity index (χ3n) is 6.91. The van der Waals surface area contributed by atoms with Gasteiger partial charge in [0.05, 0.1) is 5.41 Å². The minimum absolute atomic E-state index is 0.189. The van der Waals surface area contributed by atoms with Gasteiger partial charge in [-0.3, -0.25) is 0 Å². The number of allylic oxidation sites excluding steroid dienone is 3. The summed E-state index contributed by atoms with van der Waals surface area (Å²) in [5.41, 5.74) is 9.65. The normalized spacial score (nSPS) is 19.1. The van der Waals surface area contributed by atoms with Crippen molar-refractivity contribution >= 4 is 16.8 Å². The van der Waals surface area contributed by atoms with Crippen molar-refractivity contribution in [2.75, 3.05) is 0 Å². The van der Waals surface area contributed by atoms with Crippen LogP contribution in [0, 0.1) is 0 Å². The van der Waals surface area contributed by atoms with E-state index in [1.165, 1.54) is 49.7 Å². The van der Waals surface area contributed by atoms with Crippen LogP contribution in [0.1, 0.15) is 33.7 Å². The first-order valence-corrected chi connectivity index (χ1v) is 10.0. The largest absolute Gasteiger partial charge is 0.0757 e. The molecule has 130 valence electrons. The zero-order valence-electron chi connectivity index (χ0n) is 15.4. The maximum atomic E-state index is 2.47. The van der Waals surface area contributed by atoms with Crippen LogP contribution < -0.4 is 0 Å². The van der Waals surface area contributed by atoms with Crippen molar-refractivity contribution in [3.05, 3.63) is 125 Å². The summed E-state index contributed by atoms with van der Waals surface area (Å²) in [7, 11) is 0. The van der Waals surface area contributed by atoms with Crippen molar-refractivity contribution in [2.45, 2.75) is 11.3 Å². The molecule has 0 saturated carbocycles. The van der Waals surface area contributed by atoms with Crippen LogP contribution >= 0.6 is 0 Å². The number of rotatable bonds is 0. The Morgan fingerprint density at radius 2 is 1.36 bits per heavy atom. The van der Waals surface area contributed by atoms with Crippen LogP contribution in [-0.2, 0) is 5.41 Å². The summed E-state index contributed by atoms with van der Waals surface area (Å²) in [6, 6.07) is 29.3. The highest BCUT2D eigenvalue weighted by Crippen LogP contribution is 2.58. The Hall–Kier alpha value is -3.38. The molecule has 7 rings (SSSR count). The molecule has 0 radical (unpaired) electrons. The van der Waals surface area contributed by atoms with E-state index in [4.69, 9.17) is 0 Å². The van der Waals surface area contributed by atoms with Gasteiger partial charge >= 0.3 is 0 Å². The molecule has 1 spiro atoms. The van der Waals surface area contributed by atoms with E-state index in [1.54, 1.807) is 0 Å². The Morgan fingerprint density at radius 3 is 2.14 bits per heavy atom. The Labute approximate surface area is 164 Å². The van der Waals surface area contributed by atoms with E-state index in [9.17, 15) is 0 Å². The fraction of sp³-hybridized carbons (Fsp3) is 0.0714. The van der Waals surface area contributed by atoms with Crippen molar-refractivity contribution in [1.29, 1.82) is 0 Å². The summed E-state index contributed by atoms with van der Waals surface area (Å²) < 4.78 is 0. The summed E-state index contributed by atoms with van der Waals surface area (Å²) >= 11 is 0. The molecule has 1 atom stereocenters. The molecule has 3 aliphatic rings. The van der Waals surface area contributed by atoms with Gasteiger partial charge in [0.25, 0.3) is 0 Å². The molecule has 0 bridgehead atoms. The summed E-state index contributed by atoms with van der Waals surface area (Å²) in [5.74, 6) is 0.360. The molecule has 0 saturated heterocycles. The van der Waals surface area contributed by atoms with Crippen LogP contribution in [0.5, 0.6) is 0 Å². The van der Waals surface area contributed by atoms with Crippen LogP contribution in [0.2, 0.25) is 0 Å². The molecule has 3 aliphatic carbocycles. The molecule has 0 heteroatoms. The lowest BCUT2D eigenvalue weighted by atomic mass is 9.64. The van der Waals surface area contributed by atoms with Gasteiger partial charge in [-0.05, 0) is 49.7 Å². The molecule has 0 N–H and O–H groups in total. The lowest BCUT2D eigenvalue weighted by Gasteiger charge is -2.38. The molecular formula is C28H18. The highest BCUT2D eigenvalue weighted by Gasteiger charge is 2.46. The van der Waals surface area contributed by atoms with Crippen LogP contribution in [0.25, 0.3) is 28.0 Å². The maximum Gasteiger partial charge on any atom is 0.0647 e. The second-order valence-corrected chi connectivity index (χ2v) is 8.12. The van der Waals surface area contributed by atoms with Crippen molar-refractivity contribution in [1.82, 2.24) is 0 Å². The topological polar surface area (TPSA) is 0 Å². The Bertz CT molecular complexity index is 1320. The monoisotopic (exact) mass is 354 g/mol. The molecule has 0 aliphatic heterocycles. The molecule has 1 unspecified atom stereocenters. The Kier molecular flexibility index (Phi) is 2.57. The third-order valence-corrected chi connectivity index (χ3v) is 6.91. The van der Waals surface area contributed by atoms with E-state index in [0.29, 0.717) is 5.92 Å². The van der Waals surface area contributed by atoms with Gasteiger partial charge in [-0.15, -0.1) is 0 Å². The highest BCUT2D eigenvalue weighted by atomic mass is 14.5. The second kappa shape index (κ2) is 4.91. The van der Waals surface area contributed by atoms with Crippen molar-refractivity contribution in [2.24, 2.45) is 0 Å². The molecule has 4 aromatic carbocycles. The Morgan fingerprint density at radius 1 is 0.607 bits per heavy atom. The predicted molar refractivity (Wildman–Crippen MR) is 117 cm³/mol. The molecule has 28 heavy (non-hydrogen) atoms. The first-order chi connectivity index (χ1) is 13.9. The number of fused-ring (bicyclic) bond motifs is 6. The quantitative estimate of drug-likeness (QED) is 0.303. The lowest BCUT2D eigenvalue weighted by molar-refractivity contribution is 0.757. The van der Waals surface area contributed by atoms with Gasteiger partial charge in [0.1, 0.15) is 0 Å². The second-order valence-electron chi connectivity index (χ2n) is 8.12. The SMILES string of the molecule is C1=CC2C=CC3(c4ccccc4-c4ccccc43)c3ccc4cccc1c4c32. The molecule has 0 aromatic heterocycles. The Balaban J connectivity index is 1.68. The van der Waals surface area contributed by atoms with Crippen LogP contribution in [0.15, 0.2) is 97.1 Å². The van der Waals surface area contributed by atoms with Gasteiger partial charge in [0.15, 0.2) is 0 Å². The molecular weight excluding hydrogens is 336 g/mol. The van der Waals surface area contributed by atoms with E-state index in [0.717, 1.165) is 0 Å². The summed E-state index contributed by atoms with van der Waals surface area (Å²) in [6.07, 6.45) is 9.54. The van der Waals surface area contributed by atoms with Gasteiger partial charge in [0.2, 0.25) is 0 Å². The fourth-order valence-electron chi connectivity index (χ4n) is 5.81. The van der Waals surface area contributed by atoms with Crippen LogP contribution in [-0.4, -0.2) is 0 Å². The number of hydrogen-bond donors (Lipinski definition) is 0. The van der Waals surface area contributed by atoms with E-state index < -0.39 is 0 Å². The zero-order valence-corrected chi connectivity index (χ0v) is 15.4. The average molecular weight is 354 g/mol. The van der Waals surface area contributed by atoms with Crippen LogP contribution in [0.3, 0.4) is 0 Å². The standard InChI is InChI=1S/C28H18/c1-3-10-23-21(8-1)22-9-2-4-11-24(22)28(23)17-16-20-13-12-18-6-5-7-19-14-15-25(28)27(20)26(18)19/h1-17,20H. The predicted octanol–water partition coefficient (Wildman–Crippen LogP) is 6.83. The molecule has 0 nitrogen and oxygen atoms in total. The summed E-state index contributed by atoms with van der Waals surface area (Å²) in [6.45, 7) is 0. The van der Waals surface area contributed by atoms with E-state index in [2.05, 4.69) is 103 Å². The van der Waals surface area contributed by atoms with Crippen molar-refractivity contribution in [3.8, 4) is 11.1 Å². The first kappa shape index (κ1) is 14.6. The van der Waals surface area contributed by atoms with Crippen molar-refractivity contribution in [3.63, 3.8) is 0 Å². The minimum atomic E-state index is -0.189. The third kappa shape index (κ3) is 1.55. The first-order valence-electron chi connectivity index (χ1n) is 10.0. The van der Waals surface area contributed by atoms with Crippen molar-refractivity contribution < 1.29 is 0 Å².